The third-order valence-corrected chi connectivity index (χ3v) is 4.39. The van der Waals surface area contributed by atoms with Crippen molar-refractivity contribution in [2.75, 3.05) is 20.8 Å². The topological polar surface area (TPSA) is 76.1 Å². The quantitative estimate of drug-likeness (QED) is 0.866. The Bertz CT molecular complexity index is 557. The number of methoxy groups -OCH3 is 2. The molecule has 1 aromatic carbocycles. The number of hydrogen-bond donors (Lipinski definition) is 1. The lowest BCUT2D eigenvalue weighted by Gasteiger charge is -2.26. The minimum Gasteiger partial charge on any atom is -0.497 e. The number of carboxylic acid groups (broad SMARTS) is 1. The Morgan fingerprint density at radius 2 is 1.96 bits per heavy atom. The van der Waals surface area contributed by atoms with Crippen LogP contribution in [0.25, 0.3) is 0 Å². The van der Waals surface area contributed by atoms with Crippen LogP contribution in [0.4, 0.5) is 0 Å². The van der Waals surface area contributed by atoms with Crippen LogP contribution in [-0.4, -0.2) is 54.8 Å². The highest BCUT2D eigenvalue weighted by atomic mass is 16.5. The Labute approximate surface area is 136 Å². The van der Waals surface area contributed by atoms with Crippen molar-refractivity contribution in [3.8, 4) is 5.75 Å². The molecule has 0 radical (unpaired) electrons. The second-order valence-corrected chi connectivity index (χ2v) is 5.67. The standard InChI is InChI=1S/C17H23NO5/c1-4-14(11-5-7-12(22-2)8-6-11)16(19)18-10-13(23-3)9-15(18)17(20)21/h5-8,13-15H,4,9-10H2,1-3H3,(H,20,21). The molecule has 0 spiro atoms. The zero-order chi connectivity index (χ0) is 17.0. The molecule has 1 fully saturated rings. The van der Waals surface area contributed by atoms with Crippen molar-refractivity contribution >= 4 is 11.9 Å². The molecule has 2 rings (SSSR count). The van der Waals surface area contributed by atoms with E-state index in [-0.39, 0.29) is 17.9 Å². The Kier molecular flexibility index (Phi) is 5.60. The van der Waals surface area contributed by atoms with Crippen molar-refractivity contribution in [2.24, 2.45) is 0 Å². The minimum absolute atomic E-state index is 0.162. The zero-order valence-corrected chi connectivity index (χ0v) is 13.7. The first-order valence-electron chi connectivity index (χ1n) is 7.71. The first kappa shape index (κ1) is 17.3. The summed E-state index contributed by atoms with van der Waals surface area (Å²) >= 11 is 0. The van der Waals surface area contributed by atoms with Crippen LogP contribution in [-0.2, 0) is 14.3 Å². The highest BCUT2D eigenvalue weighted by Crippen LogP contribution is 2.29. The van der Waals surface area contributed by atoms with Gasteiger partial charge in [0.1, 0.15) is 11.8 Å². The van der Waals surface area contributed by atoms with Crippen molar-refractivity contribution in [3.63, 3.8) is 0 Å². The lowest BCUT2D eigenvalue weighted by molar-refractivity contribution is -0.148. The van der Waals surface area contributed by atoms with Gasteiger partial charge in [0.25, 0.3) is 0 Å². The van der Waals surface area contributed by atoms with Crippen LogP contribution in [0.15, 0.2) is 24.3 Å². The molecule has 6 nitrogen and oxygen atoms in total. The van der Waals surface area contributed by atoms with Gasteiger partial charge in [-0.15, -0.1) is 0 Å². The van der Waals surface area contributed by atoms with Gasteiger partial charge in [-0.25, -0.2) is 4.79 Å². The normalized spacial score (nSPS) is 22.0. The molecule has 23 heavy (non-hydrogen) atoms. The summed E-state index contributed by atoms with van der Waals surface area (Å²) in [4.78, 5) is 25.8. The van der Waals surface area contributed by atoms with Gasteiger partial charge in [-0.2, -0.15) is 0 Å². The van der Waals surface area contributed by atoms with Crippen LogP contribution >= 0.6 is 0 Å². The van der Waals surface area contributed by atoms with E-state index >= 15 is 0 Å². The molecule has 1 saturated heterocycles. The van der Waals surface area contributed by atoms with E-state index in [2.05, 4.69) is 0 Å². The highest BCUT2D eigenvalue weighted by Gasteiger charge is 2.41. The van der Waals surface area contributed by atoms with E-state index in [1.807, 2.05) is 31.2 Å². The molecule has 1 aromatic rings. The number of carbonyl (C=O) groups is 2. The van der Waals surface area contributed by atoms with Gasteiger partial charge < -0.3 is 19.5 Å². The van der Waals surface area contributed by atoms with Crippen molar-refractivity contribution < 1.29 is 24.2 Å². The molecule has 3 unspecified atom stereocenters. The molecular weight excluding hydrogens is 298 g/mol. The summed E-state index contributed by atoms with van der Waals surface area (Å²) in [6.45, 7) is 2.24. The number of ether oxygens (including phenoxy) is 2. The van der Waals surface area contributed by atoms with Crippen LogP contribution in [0.1, 0.15) is 31.2 Å². The molecule has 0 aliphatic carbocycles. The summed E-state index contributed by atoms with van der Waals surface area (Å²) in [6, 6.07) is 6.50. The number of likely N-dealkylation sites (tertiary alicyclic amines) is 1. The second kappa shape index (κ2) is 7.46. The molecule has 0 aromatic heterocycles. The molecule has 1 heterocycles. The van der Waals surface area contributed by atoms with E-state index in [9.17, 15) is 14.7 Å². The fourth-order valence-electron chi connectivity index (χ4n) is 3.04. The van der Waals surface area contributed by atoms with Gasteiger partial charge in [0, 0.05) is 20.1 Å². The van der Waals surface area contributed by atoms with Crippen molar-refractivity contribution in [2.45, 2.75) is 37.8 Å². The number of aliphatic carboxylic acids is 1. The number of carboxylic acids is 1. The van der Waals surface area contributed by atoms with Crippen LogP contribution in [0, 0.1) is 0 Å². The number of amides is 1. The average molecular weight is 321 g/mol. The summed E-state index contributed by atoms with van der Waals surface area (Å²) in [5, 5.41) is 9.37. The fourth-order valence-corrected chi connectivity index (χ4v) is 3.04. The maximum atomic E-state index is 12.9. The van der Waals surface area contributed by atoms with E-state index in [0.29, 0.717) is 19.4 Å². The SMILES string of the molecule is CCC(C(=O)N1CC(OC)CC1C(=O)O)c1ccc(OC)cc1. The number of benzene rings is 1. The summed E-state index contributed by atoms with van der Waals surface area (Å²) in [7, 11) is 3.13. The lowest BCUT2D eigenvalue weighted by Crippen LogP contribution is -2.43. The van der Waals surface area contributed by atoms with Gasteiger partial charge >= 0.3 is 5.97 Å². The van der Waals surface area contributed by atoms with Gasteiger partial charge in [0.2, 0.25) is 5.91 Å². The molecule has 3 atom stereocenters. The Morgan fingerprint density at radius 3 is 2.43 bits per heavy atom. The van der Waals surface area contributed by atoms with E-state index in [1.165, 1.54) is 4.90 Å². The van der Waals surface area contributed by atoms with Gasteiger partial charge in [0.15, 0.2) is 0 Å². The number of carbonyl (C=O) groups excluding carboxylic acids is 1. The van der Waals surface area contributed by atoms with E-state index in [4.69, 9.17) is 9.47 Å². The van der Waals surface area contributed by atoms with Crippen molar-refractivity contribution in [1.82, 2.24) is 4.90 Å². The van der Waals surface area contributed by atoms with Gasteiger partial charge in [-0.1, -0.05) is 19.1 Å². The molecule has 126 valence electrons. The molecule has 1 N–H and O–H groups in total. The van der Waals surface area contributed by atoms with Crippen LogP contribution in [0.2, 0.25) is 0 Å². The summed E-state index contributed by atoms with van der Waals surface area (Å²) in [5.41, 5.74) is 0.864. The van der Waals surface area contributed by atoms with Crippen LogP contribution in [0.5, 0.6) is 5.75 Å². The largest absolute Gasteiger partial charge is 0.497 e. The first-order valence-corrected chi connectivity index (χ1v) is 7.71. The number of rotatable bonds is 6. The van der Waals surface area contributed by atoms with Gasteiger partial charge in [-0.05, 0) is 24.1 Å². The molecule has 0 saturated carbocycles. The Hall–Kier alpha value is -2.08. The molecular formula is C17H23NO5. The molecule has 1 amide bonds. The van der Waals surface area contributed by atoms with Crippen molar-refractivity contribution in [1.29, 1.82) is 0 Å². The molecule has 1 aliphatic heterocycles. The van der Waals surface area contributed by atoms with Gasteiger partial charge in [-0.3, -0.25) is 4.79 Å². The summed E-state index contributed by atoms with van der Waals surface area (Å²) in [5.74, 6) is -0.787. The maximum absolute atomic E-state index is 12.9. The monoisotopic (exact) mass is 321 g/mol. The predicted octanol–water partition coefficient (Wildman–Crippen LogP) is 1.89. The van der Waals surface area contributed by atoms with Crippen molar-refractivity contribution in [3.05, 3.63) is 29.8 Å². The fraction of sp³-hybridized carbons (Fsp3) is 0.529. The third kappa shape index (κ3) is 3.64. The number of hydrogen-bond acceptors (Lipinski definition) is 4. The Morgan fingerprint density at radius 1 is 1.30 bits per heavy atom. The van der Waals surface area contributed by atoms with E-state index in [1.54, 1.807) is 14.2 Å². The predicted molar refractivity (Wildman–Crippen MR) is 84.6 cm³/mol. The molecule has 6 heteroatoms. The summed E-state index contributed by atoms with van der Waals surface area (Å²) in [6.07, 6.45) is 0.704. The van der Waals surface area contributed by atoms with E-state index in [0.717, 1.165) is 11.3 Å². The minimum atomic E-state index is -0.984. The lowest BCUT2D eigenvalue weighted by atomic mass is 9.94. The third-order valence-electron chi connectivity index (χ3n) is 4.39. The Balaban J connectivity index is 2.22. The number of nitrogens with zero attached hydrogens (tertiary/aromatic N) is 1. The smallest absolute Gasteiger partial charge is 0.326 e. The average Bonchev–Trinajstić information content (AvgIpc) is 3.00. The highest BCUT2D eigenvalue weighted by molar-refractivity contribution is 5.88. The molecule has 0 bridgehead atoms. The van der Waals surface area contributed by atoms with Crippen LogP contribution < -0.4 is 4.74 Å². The van der Waals surface area contributed by atoms with Crippen LogP contribution in [0.3, 0.4) is 0 Å². The maximum Gasteiger partial charge on any atom is 0.326 e. The molecule has 1 aliphatic rings. The zero-order valence-electron chi connectivity index (χ0n) is 13.7. The second-order valence-electron chi connectivity index (χ2n) is 5.67. The van der Waals surface area contributed by atoms with Gasteiger partial charge in [0.05, 0.1) is 19.1 Å². The van der Waals surface area contributed by atoms with E-state index < -0.39 is 12.0 Å². The summed E-state index contributed by atoms with van der Waals surface area (Å²) < 4.78 is 10.4. The first-order chi connectivity index (χ1) is 11.0.